The molecule has 6 nitrogen and oxygen atoms in total. The number of aliphatic hydroxyl groups excluding tert-OH is 1. The summed E-state index contributed by atoms with van der Waals surface area (Å²) in [7, 11) is 0. The summed E-state index contributed by atoms with van der Waals surface area (Å²) in [6, 6.07) is 0. The van der Waals surface area contributed by atoms with E-state index in [2.05, 4.69) is 5.32 Å². The van der Waals surface area contributed by atoms with E-state index in [1.54, 1.807) is 4.90 Å². The van der Waals surface area contributed by atoms with E-state index in [0.29, 0.717) is 32.5 Å². The molecule has 2 aliphatic rings. The number of ether oxygens (including phenoxy) is 1. The molecule has 3 unspecified atom stereocenters. The number of nitrogens with one attached hydrogen (secondary N) is 1. The number of carbonyl (C=O) groups is 2. The largest absolute Gasteiger partial charge is 0.394 e. The fraction of sp³-hybridized carbons (Fsp3) is 0.833. The van der Waals surface area contributed by atoms with Gasteiger partial charge in [0, 0.05) is 26.1 Å². The molecule has 6 heteroatoms. The van der Waals surface area contributed by atoms with Gasteiger partial charge in [-0.15, -0.1) is 0 Å². The Morgan fingerprint density at radius 3 is 2.94 bits per heavy atom. The zero-order valence-corrected chi connectivity index (χ0v) is 10.6. The molecule has 2 aliphatic heterocycles. The van der Waals surface area contributed by atoms with E-state index < -0.39 is 0 Å². The first kappa shape index (κ1) is 13.3. The Morgan fingerprint density at radius 1 is 1.56 bits per heavy atom. The van der Waals surface area contributed by atoms with Crippen LogP contribution >= 0.6 is 0 Å². The third kappa shape index (κ3) is 3.00. The quantitative estimate of drug-likeness (QED) is 0.672. The molecule has 0 radical (unpaired) electrons. The first-order chi connectivity index (χ1) is 8.60. The van der Waals surface area contributed by atoms with Gasteiger partial charge in [0.05, 0.1) is 24.7 Å². The molecule has 2 N–H and O–H groups in total. The van der Waals surface area contributed by atoms with Crippen molar-refractivity contribution in [2.75, 3.05) is 26.2 Å². The van der Waals surface area contributed by atoms with Gasteiger partial charge < -0.3 is 20.1 Å². The summed E-state index contributed by atoms with van der Waals surface area (Å²) in [5.74, 6) is -0.0569. The number of carbonyl (C=O) groups excluding carboxylic acids is 2. The molecule has 0 spiro atoms. The molecular weight excluding hydrogens is 236 g/mol. The van der Waals surface area contributed by atoms with Crippen molar-refractivity contribution in [3.05, 3.63) is 0 Å². The minimum Gasteiger partial charge on any atom is -0.394 e. The van der Waals surface area contributed by atoms with Crippen LogP contribution in [0, 0.1) is 5.92 Å². The Hall–Kier alpha value is -1.14. The lowest BCUT2D eigenvalue weighted by Gasteiger charge is -2.38. The third-order valence-corrected chi connectivity index (χ3v) is 3.46. The predicted molar refractivity (Wildman–Crippen MR) is 63.7 cm³/mol. The smallest absolute Gasteiger partial charge is 0.227 e. The maximum Gasteiger partial charge on any atom is 0.227 e. The summed E-state index contributed by atoms with van der Waals surface area (Å²) < 4.78 is 5.51. The van der Waals surface area contributed by atoms with Crippen LogP contribution in [0.15, 0.2) is 0 Å². The fourth-order valence-electron chi connectivity index (χ4n) is 2.53. The van der Waals surface area contributed by atoms with Crippen LogP contribution in [0.1, 0.15) is 19.8 Å². The molecule has 2 amide bonds. The number of piperidine rings is 1. The van der Waals surface area contributed by atoms with Crippen LogP contribution in [0.25, 0.3) is 0 Å². The van der Waals surface area contributed by atoms with Crippen LogP contribution in [0.3, 0.4) is 0 Å². The molecule has 2 rings (SSSR count). The minimum atomic E-state index is -0.295. The second-order valence-electron chi connectivity index (χ2n) is 5.03. The number of rotatable bonds is 2. The SMILES string of the molecule is CC1CN(C(=O)C2CCC(=O)NC2)CC(CO)O1. The Kier molecular flexibility index (Phi) is 4.19. The number of hydrogen-bond acceptors (Lipinski definition) is 4. The van der Waals surface area contributed by atoms with Gasteiger partial charge in [0.15, 0.2) is 0 Å². The highest BCUT2D eigenvalue weighted by Gasteiger charge is 2.33. The average molecular weight is 256 g/mol. The topological polar surface area (TPSA) is 78.9 Å². The summed E-state index contributed by atoms with van der Waals surface area (Å²) >= 11 is 0. The van der Waals surface area contributed by atoms with Crippen LogP contribution in [-0.4, -0.2) is 60.3 Å². The van der Waals surface area contributed by atoms with E-state index in [4.69, 9.17) is 9.84 Å². The summed E-state index contributed by atoms with van der Waals surface area (Å²) in [5.41, 5.74) is 0. The van der Waals surface area contributed by atoms with E-state index in [9.17, 15) is 9.59 Å². The Bertz CT molecular complexity index is 324. The van der Waals surface area contributed by atoms with Crippen molar-refractivity contribution in [2.45, 2.75) is 32.0 Å². The first-order valence-electron chi connectivity index (χ1n) is 6.42. The van der Waals surface area contributed by atoms with Gasteiger partial charge in [0.1, 0.15) is 0 Å². The molecule has 102 valence electrons. The van der Waals surface area contributed by atoms with Gasteiger partial charge in [-0.2, -0.15) is 0 Å². The second-order valence-corrected chi connectivity index (χ2v) is 5.03. The monoisotopic (exact) mass is 256 g/mol. The van der Waals surface area contributed by atoms with Crippen molar-refractivity contribution in [1.29, 1.82) is 0 Å². The average Bonchev–Trinajstić information content (AvgIpc) is 2.38. The molecule has 0 bridgehead atoms. The highest BCUT2D eigenvalue weighted by atomic mass is 16.5. The minimum absolute atomic E-state index is 0.0163. The zero-order valence-electron chi connectivity index (χ0n) is 10.6. The van der Waals surface area contributed by atoms with Crippen molar-refractivity contribution in [2.24, 2.45) is 5.92 Å². The molecule has 18 heavy (non-hydrogen) atoms. The van der Waals surface area contributed by atoms with Crippen molar-refractivity contribution in [3.63, 3.8) is 0 Å². The number of hydrogen-bond donors (Lipinski definition) is 2. The summed E-state index contributed by atoms with van der Waals surface area (Å²) in [4.78, 5) is 25.1. The fourth-order valence-corrected chi connectivity index (χ4v) is 2.53. The van der Waals surface area contributed by atoms with Crippen LogP contribution in [-0.2, 0) is 14.3 Å². The number of aliphatic hydroxyl groups is 1. The molecule has 0 aromatic carbocycles. The van der Waals surface area contributed by atoms with Gasteiger partial charge in [-0.25, -0.2) is 0 Å². The molecule has 0 aromatic heterocycles. The molecule has 2 heterocycles. The highest BCUT2D eigenvalue weighted by Crippen LogP contribution is 2.18. The molecule has 2 fully saturated rings. The van der Waals surface area contributed by atoms with Gasteiger partial charge in [-0.3, -0.25) is 9.59 Å². The van der Waals surface area contributed by atoms with Crippen molar-refractivity contribution >= 4 is 11.8 Å². The van der Waals surface area contributed by atoms with Crippen LogP contribution in [0.5, 0.6) is 0 Å². The molecule has 3 atom stereocenters. The third-order valence-electron chi connectivity index (χ3n) is 3.46. The van der Waals surface area contributed by atoms with E-state index in [1.165, 1.54) is 0 Å². The van der Waals surface area contributed by atoms with Crippen LogP contribution in [0.4, 0.5) is 0 Å². The molecular formula is C12H20N2O4. The van der Waals surface area contributed by atoms with Gasteiger partial charge in [0.25, 0.3) is 0 Å². The zero-order chi connectivity index (χ0) is 13.1. The van der Waals surface area contributed by atoms with Gasteiger partial charge in [-0.05, 0) is 13.3 Å². The lowest BCUT2D eigenvalue weighted by atomic mass is 9.97. The van der Waals surface area contributed by atoms with E-state index in [1.807, 2.05) is 6.92 Å². The normalized spacial score (nSPS) is 33.1. The van der Waals surface area contributed by atoms with E-state index >= 15 is 0 Å². The summed E-state index contributed by atoms with van der Waals surface area (Å²) in [6.45, 7) is 3.23. The summed E-state index contributed by atoms with van der Waals surface area (Å²) in [6.07, 6.45) is 0.675. The Labute approximate surface area is 106 Å². The second kappa shape index (κ2) is 5.67. The van der Waals surface area contributed by atoms with Crippen LogP contribution < -0.4 is 5.32 Å². The van der Waals surface area contributed by atoms with E-state index in [0.717, 1.165) is 0 Å². The summed E-state index contributed by atoms with van der Waals surface area (Å²) in [5, 5.41) is 11.9. The van der Waals surface area contributed by atoms with Crippen molar-refractivity contribution in [1.82, 2.24) is 10.2 Å². The molecule has 0 aromatic rings. The standard InChI is InChI=1S/C12H20N2O4/c1-8-5-14(6-10(7-15)18-8)12(17)9-2-3-11(16)13-4-9/h8-10,15H,2-7H2,1H3,(H,13,16). The maximum absolute atomic E-state index is 12.3. The predicted octanol–water partition coefficient (Wildman–Crippen LogP) is -0.879. The lowest BCUT2D eigenvalue weighted by molar-refractivity contribution is -0.152. The van der Waals surface area contributed by atoms with Gasteiger partial charge in [0.2, 0.25) is 11.8 Å². The number of amides is 2. The maximum atomic E-state index is 12.3. The number of nitrogens with zero attached hydrogens (tertiary/aromatic N) is 1. The number of morpholine rings is 1. The van der Waals surface area contributed by atoms with Crippen molar-refractivity contribution < 1.29 is 19.4 Å². The Morgan fingerprint density at radius 2 is 2.33 bits per heavy atom. The lowest BCUT2D eigenvalue weighted by Crippen LogP contribution is -2.53. The molecule has 0 saturated carbocycles. The van der Waals surface area contributed by atoms with Crippen molar-refractivity contribution in [3.8, 4) is 0 Å². The Balaban J connectivity index is 1.93. The molecule has 2 saturated heterocycles. The first-order valence-corrected chi connectivity index (χ1v) is 6.42. The van der Waals surface area contributed by atoms with Gasteiger partial charge in [-0.1, -0.05) is 0 Å². The van der Waals surface area contributed by atoms with E-state index in [-0.39, 0.29) is 36.5 Å². The highest BCUT2D eigenvalue weighted by molar-refractivity contribution is 5.83. The molecule has 0 aliphatic carbocycles. The van der Waals surface area contributed by atoms with Gasteiger partial charge >= 0.3 is 0 Å². The van der Waals surface area contributed by atoms with Crippen LogP contribution in [0.2, 0.25) is 0 Å².